The molecular weight excluding hydrogens is 488 g/mol. The third kappa shape index (κ3) is 4.11. The molecule has 1 saturated carbocycles. The average molecular weight is 516 g/mol. The summed E-state index contributed by atoms with van der Waals surface area (Å²) in [4.78, 5) is 27.3. The van der Waals surface area contributed by atoms with Gasteiger partial charge in [0, 0.05) is 31.2 Å². The van der Waals surface area contributed by atoms with E-state index in [-0.39, 0.29) is 23.5 Å². The highest BCUT2D eigenvalue weighted by Gasteiger charge is 2.80. The number of hydrogen-bond acceptors (Lipinski definition) is 5. The number of ether oxygens (including phenoxy) is 2. The van der Waals surface area contributed by atoms with E-state index >= 15 is 0 Å². The minimum absolute atomic E-state index is 0.0896. The van der Waals surface area contributed by atoms with Gasteiger partial charge in [0.25, 0.3) is 0 Å². The van der Waals surface area contributed by atoms with Crippen LogP contribution < -0.4 is 0 Å². The smallest absolute Gasteiger partial charge is 0.335 e. The number of halogens is 2. The van der Waals surface area contributed by atoms with Crippen molar-refractivity contribution in [3.05, 3.63) is 119 Å². The molecular formula is C31H27F2NO4. The van der Waals surface area contributed by atoms with Gasteiger partial charge in [0.15, 0.2) is 0 Å². The topological polar surface area (TPSA) is 55.8 Å². The number of carbonyl (C=O) groups is 2. The first-order valence-corrected chi connectivity index (χ1v) is 12.9. The van der Waals surface area contributed by atoms with Crippen LogP contribution in [0.5, 0.6) is 0 Å². The number of piperidine rings is 1. The van der Waals surface area contributed by atoms with Crippen molar-refractivity contribution in [3.63, 3.8) is 0 Å². The molecule has 3 aromatic rings. The van der Waals surface area contributed by atoms with Crippen molar-refractivity contribution < 1.29 is 27.8 Å². The van der Waals surface area contributed by atoms with Crippen LogP contribution in [0.15, 0.2) is 91.0 Å². The second-order valence-electron chi connectivity index (χ2n) is 10.2. The number of rotatable bonds is 7. The molecule has 2 aliphatic heterocycles. The number of hydrogen-bond donors (Lipinski definition) is 0. The minimum Gasteiger partial charge on any atom is -0.404 e. The lowest BCUT2D eigenvalue weighted by Gasteiger charge is -2.42. The Labute approximate surface area is 219 Å². The second-order valence-corrected chi connectivity index (χ2v) is 10.2. The first kappa shape index (κ1) is 24.5. The van der Waals surface area contributed by atoms with Crippen molar-refractivity contribution in [2.24, 2.45) is 5.92 Å². The van der Waals surface area contributed by atoms with E-state index in [9.17, 15) is 18.4 Å². The molecule has 0 amide bonds. The van der Waals surface area contributed by atoms with Gasteiger partial charge in [-0.3, -0.25) is 0 Å². The molecule has 1 saturated heterocycles. The van der Waals surface area contributed by atoms with Crippen molar-refractivity contribution in [3.8, 4) is 0 Å². The number of esters is 2. The molecule has 1 spiro atoms. The van der Waals surface area contributed by atoms with Gasteiger partial charge in [-0.25, -0.2) is 23.3 Å². The van der Waals surface area contributed by atoms with E-state index in [1.807, 2.05) is 35.2 Å². The summed E-state index contributed by atoms with van der Waals surface area (Å²) in [7, 11) is 0. The summed E-state index contributed by atoms with van der Waals surface area (Å²) in [5.41, 5.74) is 2.20. The fourth-order valence-corrected chi connectivity index (χ4v) is 6.33. The molecule has 0 radical (unpaired) electrons. The van der Waals surface area contributed by atoms with Crippen LogP contribution in [0.3, 0.4) is 0 Å². The molecule has 1 aliphatic carbocycles. The van der Waals surface area contributed by atoms with Gasteiger partial charge in [0.05, 0.1) is 5.41 Å². The maximum Gasteiger partial charge on any atom is 0.335 e. The molecule has 0 aromatic heterocycles. The summed E-state index contributed by atoms with van der Waals surface area (Å²) in [6, 6.07) is 22.5. The van der Waals surface area contributed by atoms with Crippen LogP contribution in [0.4, 0.5) is 8.78 Å². The van der Waals surface area contributed by atoms with Gasteiger partial charge < -0.3 is 9.47 Å². The molecule has 3 aliphatic rings. The third-order valence-electron chi connectivity index (χ3n) is 8.11. The van der Waals surface area contributed by atoms with E-state index < -0.39 is 23.3 Å². The molecule has 5 nitrogen and oxygen atoms in total. The molecule has 2 heterocycles. The quantitative estimate of drug-likeness (QED) is 0.391. The summed E-state index contributed by atoms with van der Waals surface area (Å²) in [6.45, 7) is 1.12. The van der Waals surface area contributed by atoms with Crippen molar-refractivity contribution >= 4 is 11.9 Å². The Hall–Kier alpha value is -3.84. The van der Waals surface area contributed by atoms with Gasteiger partial charge in [0.2, 0.25) is 0 Å². The van der Waals surface area contributed by atoms with Crippen molar-refractivity contribution in [1.29, 1.82) is 0 Å². The largest absolute Gasteiger partial charge is 0.404 e. The molecule has 7 heteroatoms. The highest BCUT2D eigenvalue weighted by molar-refractivity contribution is 5.93. The van der Waals surface area contributed by atoms with E-state index in [0.717, 1.165) is 35.3 Å². The fraction of sp³-hybridized carbons (Fsp3) is 0.290. The lowest BCUT2D eigenvalue weighted by Crippen LogP contribution is -2.58. The average Bonchev–Trinajstić information content (AvgIpc) is 3.63. The molecule has 3 aromatic carbocycles. The van der Waals surface area contributed by atoms with E-state index in [1.165, 1.54) is 24.3 Å². The summed E-state index contributed by atoms with van der Waals surface area (Å²) in [6.07, 6.45) is 4.32. The number of carbonyl (C=O) groups excluding carboxylic acids is 2. The lowest BCUT2D eigenvalue weighted by molar-refractivity contribution is -0.287. The first-order valence-electron chi connectivity index (χ1n) is 12.9. The molecule has 38 heavy (non-hydrogen) atoms. The lowest BCUT2D eigenvalue weighted by atomic mass is 9.87. The molecule has 2 unspecified atom stereocenters. The Morgan fingerprint density at radius 3 is 1.92 bits per heavy atom. The van der Waals surface area contributed by atoms with Crippen molar-refractivity contribution in [2.45, 2.75) is 36.5 Å². The highest BCUT2D eigenvalue weighted by Crippen LogP contribution is 2.68. The van der Waals surface area contributed by atoms with Gasteiger partial charge in [-0.2, -0.15) is 0 Å². The molecule has 2 atom stereocenters. The number of benzene rings is 3. The van der Waals surface area contributed by atoms with Gasteiger partial charge in [-0.05, 0) is 66.1 Å². The SMILES string of the molecule is O=C1C=CC(=O)OC2(O1)N(CCCC(c1ccc(F)cc1)c1ccc(F)cc1)CC1CC12c1ccccc1. The van der Waals surface area contributed by atoms with Crippen molar-refractivity contribution in [2.75, 3.05) is 13.1 Å². The molecule has 0 N–H and O–H groups in total. The van der Waals surface area contributed by atoms with Crippen LogP contribution in [-0.4, -0.2) is 35.8 Å². The summed E-state index contributed by atoms with van der Waals surface area (Å²) in [5.74, 6) is -3.30. The summed E-state index contributed by atoms with van der Waals surface area (Å²) < 4.78 is 39.2. The number of fused-ring (bicyclic) bond motifs is 2. The second kappa shape index (κ2) is 9.48. The molecule has 6 rings (SSSR count). The Kier molecular flexibility index (Phi) is 6.11. The van der Waals surface area contributed by atoms with Gasteiger partial charge in [-0.1, -0.05) is 54.6 Å². The van der Waals surface area contributed by atoms with E-state index in [4.69, 9.17) is 9.47 Å². The van der Waals surface area contributed by atoms with Gasteiger partial charge >= 0.3 is 17.8 Å². The van der Waals surface area contributed by atoms with Crippen molar-refractivity contribution in [1.82, 2.24) is 4.90 Å². The number of nitrogens with zero attached hydrogens (tertiary/aromatic N) is 1. The Morgan fingerprint density at radius 1 is 0.816 bits per heavy atom. The summed E-state index contributed by atoms with van der Waals surface area (Å²) in [5, 5.41) is 0. The van der Waals surface area contributed by atoms with Crippen LogP contribution >= 0.6 is 0 Å². The maximum atomic E-state index is 13.6. The van der Waals surface area contributed by atoms with Crippen LogP contribution in [0.2, 0.25) is 0 Å². The minimum atomic E-state index is -1.53. The van der Waals surface area contributed by atoms with Crippen LogP contribution in [-0.2, 0) is 24.5 Å². The Balaban J connectivity index is 1.28. The van der Waals surface area contributed by atoms with E-state index in [1.54, 1.807) is 24.3 Å². The molecule has 0 bridgehead atoms. The van der Waals surface area contributed by atoms with E-state index in [0.29, 0.717) is 25.9 Å². The zero-order chi connectivity index (χ0) is 26.3. The monoisotopic (exact) mass is 515 g/mol. The predicted octanol–water partition coefficient (Wildman–Crippen LogP) is 5.46. The van der Waals surface area contributed by atoms with Gasteiger partial charge in [-0.15, -0.1) is 0 Å². The van der Waals surface area contributed by atoms with Crippen LogP contribution in [0.25, 0.3) is 0 Å². The zero-order valence-electron chi connectivity index (χ0n) is 20.7. The highest BCUT2D eigenvalue weighted by atomic mass is 19.1. The first-order chi connectivity index (χ1) is 18.4. The zero-order valence-corrected chi connectivity index (χ0v) is 20.7. The number of likely N-dealkylation sites (tertiary alicyclic amines) is 1. The summed E-state index contributed by atoms with van der Waals surface area (Å²) >= 11 is 0. The third-order valence-corrected chi connectivity index (χ3v) is 8.11. The van der Waals surface area contributed by atoms with Crippen LogP contribution in [0.1, 0.15) is 41.9 Å². The molecule has 194 valence electrons. The van der Waals surface area contributed by atoms with Crippen LogP contribution in [0, 0.1) is 17.6 Å². The molecule has 2 fully saturated rings. The Morgan fingerprint density at radius 2 is 1.37 bits per heavy atom. The van der Waals surface area contributed by atoms with Gasteiger partial charge in [0.1, 0.15) is 11.6 Å². The van der Waals surface area contributed by atoms with E-state index in [2.05, 4.69) is 0 Å². The standard InChI is InChI=1S/C31H27F2NO4/c32-25-12-8-21(9-13-25)27(22-10-14-26(33)15-11-22)7-4-18-34-20-24-19-30(24,23-5-2-1-3-6-23)31(34)37-28(35)16-17-29(36)38-31/h1-3,5-6,8-17,24,27H,4,7,18-20H2. The normalized spacial score (nSPS) is 23.7. The Bertz CT molecular complexity index is 1310. The fourth-order valence-electron chi connectivity index (χ4n) is 6.33. The maximum absolute atomic E-state index is 13.6. The predicted molar refractivity (Wildman–Crippen MR) is 136 cm³/mol.